The molecule has 1 amide bonds. The summed E-state index contributed by atoms with van der Waals surface area (Å²) in [6.07, 6.45) is 0.775. The van der Waals surface area contributed by atoms with E-state index in [0.717, 1.165) is 23.1 Å². The van der Waals surface area contributed by atoms with Gasteiger partial charge in [0.2, 0.25) is 5.91 Å². The Bertz CT molecular complexity index is 1190. The Balaban J connectivity index is 1.67. The maximum Gasteiger partial charge on any atom is 0.264 e. The van der Waals surface area contributed by atoms with E-state index < -0.39 is 10.0 Å². The zero-order chi connectivity index (χ0) is 22.0. The van der Waals surface area contributed by atoms with Crippen LogP contribution in [-0.4, -0.2) is 32.3 Å². The van der Waals surface area contributed by atoms with E-state index >= 15 is 0 Å². The minimum Gasteiger partial charge on any atom is -0.336 e. The summed E-state index contributed by atoms with van der Waals surface area (Å²) in [5.74, 6) is -0.201. The van der Waals surface area contributed by atoms with Crippen LogP contribution in [0.3, 0.4) is 0 Å². The number of nitrogens with zero attached hydrogens (tertiary/aromatic N) is 2. The highest BCUT2D eigenvalue weighted by molar-refractivity contribution is 7.92. The maximum absolute atomic E-state index is 13.5. The number of aryl methyl sites for hydroxylation is 2. The molecule has 0 bridgehead atoms. The van der Waals surface area contributed by atoms with Crippen LogP contribution in [0.4, 0.5) is 5.69 Å². The van der Waals surface area contributed by atoms with Gasteiger partial charge in [-0.1, -0.05) is 48.5 Å². The molecule has 3 aromatic rings. The van der Waals surface area contributed by atoms with E-state index in [0.29, 0.717) is 18.8 Å². The normalized spacial score (nSPS) is 13.5. The zero-order valence-electron chi connectivity index (χ0n) is 17.8. The molecule has 0 radical (unpaired) electrons. The Morgan fingerprint density at radius 3 is 2.19 bits per heavy atom. The maximum atomic E-state index is 13.5. The van der Waals surface area contributed by atoms with Gasteiger partial charge in [0.1, 0.15) is 6.54 Å². The van der Waals surface area contributed by atoms with Crippen LogP contribution in [0.15, 0.2) is 77.7 Å². The lowest BCUT2D eigenvalue weighted by Crippen LogP contribution is -2.44. The van der Waals surface area contributed by atoms with Gasteiger partial charge in [-0.05, 0) is 66.8 Å². The molecule has 0 spiro atoms. The Morgan fingerprint density at radius 2 is 1.52 bits per heavy atom. The van der Waals surface area contributed by atoms with Crippen molar-refractivity contribution in [1.29, 1.82) is 0 Å². The van der Waals surface area contributed by atoms with Crippen molar-refractivity contribution in [2.45, 2.75) is 31.7 Å². The standard InChI is InChI=1S/C25H26N2O3S/c1-19-14-20(2)16-23(15-19)27(31(29,30)24-10-4-3-5-11-24)18-25(28)26-13-12-21-8-6-7-9-22(21)17-26/h3-11,14-16H,12-13,17-18H2,1-2H3. The summed E-state index contributed by atoms with van der Waals surface area (Å²) < 4.78 is 28.3. The quantitative estimate of drug-likeness (QED) is 0.608. The molecule has 6 heteroatoms. The molecule has 31 heavy (non-hydrogen) atoms. The fourth-order valence-corrected chi connectivity index (χ4v) is 5.48. The monoisotopic (exact) mass is 434 g/mol. The summed E-state index contributed by atoms with van der Waals surface area (Å²) in [6.45, 7) is 4.70. The van der Waals surface area contributed by atoms with Crippen molar-refractivity contribution in [3.8, 4) is 0 Å². The van der Waals surface area contributed by atoms with Gasteiger partial charge in [0.15, 0.2) is 0 Å². The summed E-state index contributed by atoms with van der Waals surface area (Å²) in [6, 6.07) is 22.0. The molecule has 1 aliphatic rings. The molecule has 0 saturated carbocycles. The van der Waals surface area contributed by atoms with Gasteiger partial charge in [0, 0.05) is 13.1 Å². The second-order valence-electron chi connectivity index (χ2n) is 8.00. The molecular formula is C25H26N2O3S. The summed E-state index contributed by atoms with van der Waals surface area (Å²) in [5.41, 5.74) is 4.76. The Hall–Kier alpha value is -3.12. The van der Waals surface area contributed by atoms with Crippen molar-refractivity contribution in [3.05, 3.63) is 95.1 Å². The van der Waals surface area contributed by atoms with E-state index in [2.05, 4.69) is 6.07 Å². The molecule has 3 aromatic carbocycles. The lowest BCUT2D eigenvalue weighted by Gasteiger charge is -2.32. The summed E-state index contributed by atoms with van der Waals surface area (Å²) in [5, 5.41) is 0. The number of carbonyl (C=O) groups is 1. The number of benzene rings is 3. The molecule has 0 unspecified atom stereocenters. The Kier molecular flexibility index (Phi) is 5.83. The van der Waals surface area contributed by atoms with E-state index in [9.17, 15) is 13.2 Å². The van der Waals surface area contributed by atoms with Gasteiger partial charge in [0.05, 0.1) is 10.6 Å². The van der Waals surface area contributed by atoms with Crippen molar-refractivity contribution < 1.29 is 13.2 Å². The number of amides is 1. The minimum atomic E-state index is -3.90. The molecule has 0 fully saturated rings. The number of hydrogen-bond donors (Lipinski definition) is 0. The first-order chi connectivity index (χ1) is 14.8. The van der Waals surface area contributed by atoms with Gasteiger partial charge in [-0.2, -0.15) is 0 Å². The first-order valence-corrected chi connectivity index (χ1v) is 11.8. The molecule has 4 rings (SSSR count). The zero-order valence-corrected chi connectivity index (χ0v) is 18.6. The van der Waals surface area contributed by atoms with Crippen molar-refractivity contribution in [2.75, 3.05) is 17.4 Å². The summed E-state index contributed by atoms with van der Waals surface area (Å²) >= 11 is 0. The number of rotatable bonds is 5. The summed E-state index contributed by atoms with van der Waals surface area (Å²) in [7, 11) is -3.90. The number of hydrogen-bond acceptors (Lipinski definition) is 3. The van der Waals surface area contributed by atoms with Gasteiger partial charge in [-0.25, -0.2) is 8.42 Å². The number of sulfonamides is 1. The number of carbonyl (C=O) groups excluding carboxylic acids is 1. The average molecular weight is 435 g/mol. The SMILES string of the molecule is Cc1cc(C)cc(N(CC(=O)N2CCc3ccccc3C2)S(=O)(=O)c2ccccc2)c1. The molecule has 5 nitrogen and oxygen atoms in total. The van der Waals surface area contributed by atoms with Crippen molar-refractivity contribution in [2.24, 2.45) is 0 Å². The second kappa shape index (κ2) is 8.55. The Labute approximate surface area is 184 Å². The predicted octanol–water partition coefficient (Wildman–Crippen LogP) is 4.08. The van der Waals surface area contributed by atoms with Crippen LogP contribution >= 0.6 is 0 Å². The highest BCUT2D eigenvalue weighted by atomic mass is 32.2. The highest BCUT2D eigenvalue weighted by Gasteiger charge is 2.30. The number of fused-ring (bicyclic) bond motifs is 1. The van der Waals surface area contributed by atoms with E-state index in [4.69, 9.17) is 0 Å². The highest BCUT2D eigenvalue weighted by Crippen LogP contribution is 2.27. The van der Waals surface area contributed by atoms with Crippen molar-refractivity contribution in [1.82, 2.24) is 4.90 Å². The lowest BCUT2D eigenvalue weighted by molar-refractivity contribution is -0.130. The molecule has 1 aliphatic heterocycles. The third kappa shape index (κ3) is 4.49. The molecular weight excluding hydrogens is 408 g/mol. The van der Waals surface area contributed by atoms with Gasteiger partial charge in [-0.3, -0.25) is 9.10 Å². The van der Waals surface area contributed by atoms with Crippen LogP contribution in [-0.2, 0) is 27.8 Å². The van der Waals surface area contributed by atoms with Gasteiger partial charge < -0.3 is 4.90 Å². The third-order valence-corrected chi connectivity index (χ3v) is 7.38. The minimum absolute atomic E-state index is 0.172. The smallest absolute Gasteiger partial charge is 0.264 e. The fourth-order valence-electron chi connectivity index (χ4n) is 4.06. The van der Waals surface area contributed by atoms with E-state index in [1.807, 2.05) is 50.2 Å². The predicted molar refractivity (Wildman–Crippen MR) is 122 cm³/mol. The van der Waals surface area contributed by atoms with E-state index in [1.54, 1.807) is 35.2 Å². The summed E-state index contributed by atoms with van der Waals surface area (Å²) in [4.78, 5) is 15.2. The van der Waals surface area contributed by atoms with Gasteiger partial charge in [0.25, 0.3) is 10.0 Å². The first-order valence-electron chi connectivity index (χ1n) is 10.4. The molecule has 0 aliphatic carbocycles. The number of anilines is 1. The molecule has 0 saturated heterocycles. The van der Waals surface area contributed by atoms with Crippen molar-refractivity contribution >= 4 is 21.6 Å². The fraction of sp³-hybridized carbons (Fsp3) is 0.240. The second-order valence-corrected chi connectivity index (χ2v) is 9.87. The van der Waals surface area contributed by atoms with Crippen LogP contribution in [0.1, 0.15) is 22.3 Å². The van der Waals surface area contributed by atoms with E-state index in [1.165, 1.54) is 9.87 Å². The average Bonchev–Trinajstić information content (AvgIpc) is 2.76. The third-order valence-electron chi connectivity index (χ3n) is 5.59. The van der Waals surface area contributed by atoms with Crippen LogP contribution in [0.25, 0.3) is 0 Å². The van der Waals surface area contributed by atoms with Gasteiger partial charge in [-0.15, -0.1) is 0 Å². The molecule has 1 heterocycles. The van der Waals surface area contributed by atoms with Crippen LogP contribution in [0, 0.1) is 13.8 Å². The molecule has 0 aromatic heterocycles. The molecule has 0 N–H and O–H groups in total. The largest absolute Gasteiger partial charge is 0.336 e. The molecule has 0 atom stereocenters. The Morgan fingerprint density at radius 1 is 0.903 bits per heavy atom. The van der Waals surface area contributed by atoms with Gasteiger partial charge >= 0.3 is 0 Å². The molecule has 160 valence electrons. The van der Waals surface area contributed by atoms with Crippen LogP contribution in [0.5, 0.6) is 0 Å². The van der Waals surface area contributed by atoms with Crippen LogP contribution in [0.2, 0.25) is 0 Å². The van der Waals surface area contributed by atoms with Crippen molar-refractivity contribution in [3.63, 3.8) is 0 Å². The topological polar surface area (TPSA) is 57.7 Å². The first kappa shape index (κ1) is 21.1. The lowest BCUT2D eigenvalue weighted by atomic mass is 10.00. The van der Waals surface area contributed by atoms with Crippen LogP contribution < -0.4 is 4.31 Å². The van der Waals surface area contributed by atoms with E-state index in [-0.39, 0.29) is 17.3 Å².